The Kier molecular flexibility index (Phi) is 4.83. The van der Waals surface area contributed by atoms with E-state index in [9.17, 15) is 13.5 Å². The van der Waals surface area contributed by atoms with Crippen molar-refractivity contribution >= 4 is 10.0 Å². The number of aliphatic hydroxyl groups excluding tert-OH is 1. The van der Waals surface area contributed by atoms with E-state index < -0.39 is 16.1 Å². The van der Waals surface area contributed by atoms with Crippen LogP contribution in [-0.2, 0) is 10.0 Å². The first-order valence-electron chi connectivity index (χ1n) is 7.19. The monoisotopic (exact) mass is 297 g/mol. The molecular formula is C15H23NO3S. The van der Waals surface area contributed by atoms with E-state index in [2.05, 4.69) is 0 Å². The fraction of sp³-hybridized carbons (Fsp3) is 0.600. The molecule has 112 valence electrons. The minimum Gasteiger partial charge on any atom is -0.389 e. The Labute approximate surface area is 121 Å². The van der Waals surface area contributed by atoms with Gasteiger partial charge < -0.3 is 5.11 Å². The Morgan fingerprint density at radius 1 is 1.15 bits per heavy atom. The van der Waals surface area contributed by atoms with Gasteiger partial charge in [0.2, 0.25) is 10.0 Å². The topological polar surface area (TPSA) is 57.6 Å². The largest absolute Gasteiger partial charge is 0.389 e. The van der Waals surface area contributed by atoms with Crippen molar-refractivity contribution in [2.75, 3.05) is 7.05 Å². The molecule has 0 bridgehead atoms. The van der Waals surface area contributed by atoms with Gasteiger partial charge in [0.05, 0.1) is 11.0 Å². The van der Waals surface area contributed by atoms with Gasteiger partial charge in [0, 0.05) is 13.1 Å². The minimum absolute atomic E-state index is 0.116. The Balaban J connectivity index is 2.20. The molecule has 0 heterocycles. The molecule has 0 aliphatic heterocycles. The first kappa shape index (κ1) is 15.5. The lowest BCUT2D eigenvalue weighted by Gasteiger charge is -2.30. The summed E-state index contributed by atoms with van der Waals surface area (Å²) in [4.78, 5) is 0.301. The summed E-state index contributed by atoms with van der Waals surface area (Å²) in [7, 11) is -1.75. The summed E-state index contributed by atoms with van der Waals surface area (Å²) in [6.45, 7) is 1.66. The highest BCUT2D eigenvalue weighted by Crippen LogP contribution is 2.27. The second-order valence-electron chi connectivity index (χ2n) is 5.56. The second-order valence-corrected chi connectivity index (χ2v) is 7.56. The maximum absolute atomic E-state index is 12.6. The van der Waals surface area contributed by atoms with Crippen molar-refractivity contribution in [1.82, 2.24) is 4.31 Å². The van der Waals surface area contributed by atoms with E-state index in [1.165, 1.54) is 10.7 Å². The van der Waals surface area contributed by atoms with Crippen LogP contribution in [0.3, 0.4) is 0 Å². The third-order valence-electron chi connectivity index (χ3n) is 4.13. The van der Waals surface area contributed by atoms with Gasteiger partial charge in [-0.3, -0.25) is 0 Å². The summed E-state index contributed by atoms with van der Waals surface area (Å²) >= 11 is 0. The average Bonchev–Trinajstić information content (AvgIpc) is 2.47. The molecular weight excluding hydrogens is 274 g/mol. The standard InChI is InChI=1S/C15H23NO3S/c1-12(17)13-8-10-15(11-9-13)20(18,19)16(2)14-6-4-3-5-7-14/h8-12,14,17H,3-7H2,1-2H3. The highest BCUT2D eigenvalue weighted by Gasteiger charge is 2.28. The first-order valence-corrected chi connectivity index (χ1v) is 8.63. The van der Waals surface area contributed by atoms with Gasteiger partial charge in [0.15, 0.2) is 0 Å². The molecule has 1 fully saturated rings. The Morgan fingerprint density at radius 2 is 1.70 bits per heavy atom. The van der Waals surface area contributed by atoms with Crippen molar-refractivity contribution in [2.45, 2.75) is 56.1 Å². The van der Waals surface area contributed by atoms with E-state index >= 15 is 0 Å². The SMILES string of the molecule is CC(O)c1ccc(S(=O)(=O)N(C)C2CCCCC2)cc1. The molecule has 1 aliphatic carbocycles. The van der Waals surface area contributed by atoms with E-state index in [0.717, 1.165) is 31.2 Å². The number of sulfonamides is 1. The van der Waals surface area contributed by atoms with Crippen LogP contribution < -0.4 is 0 Å². The van der Waals surface area contributed by atoms with Crippen LogP contribution in [0.1, 0.15) is 50.7 Å². The molecule has 1 N–H and O–H groups in total. The van der Waals surface area contributed by atoms with Crippen LogP contribution >= 0.6 is 0 Å². The molecule has 20 heavy (non-hydrogen) atoms. The molecule has 1 aromatic rings. The van der Waals surface area contributed by atoms with Gasteiger partial charge in [-0.25, -0.2) is 8.42 Å². The number of rotatable bonds is 4. The zero-order chi connectivity index (χ0) is 14.8. The summed E-state index contributed by atoms with van der Waals surface area (Å²) < 4.78 is 26.7. The maximum Gasteiger partial charge on any atom is 0.243 e. The summed E-state index contributed by atoms with van der Waals surface area (Å²) in [5.74, 6) is 0. The number of benzene rings is 1. The van der Waals surface area contributed by atoms with Crippen LogP contribution in [0.5, 0.6) is 0 Å². The quantitative estimate of drug-likeness (QED) is 0.929. The van der Waals surface area contributed by atoms with Crippen molar-refractivity contribution in [3.63, 3.8) is 0 Å². The van der Waals surface area contributed by atoms with Crippen molar-refractivity contribution in [3.8, 4) is 0 Å². The van der Waals surface area contributed by atoms with Crippen molar-refractivity contribution in [1.29, 1.82) is 0 Å². The summed E-state index contributed by atoms with van der Waals surface area (Å²) in [6, 6.07) is 6.62. The predicted octanol–water partition coefficient (Wildman–Crippen LogP) is 2.69. The fourth-order valence-electron chi connectivity index (χ4n) is 2.73. The highest BCUT2D eigenvalue weighted by molar-refractivity contribution is 7.89. The zero-order valence-electron chi connectivity index (χ0n) is 12.1. The van der Waals surface area contributed by atoms with Gasteiger partial charge in [-0.2, -0.15) is 4.31 Å². The lowest BCUT2D eigenvalue weighted by Crippen LogP contribution is -2.38. The van der Waals surface area contributed by atoms with Crippen LogP contribution in [0.2, 0.25) is 0 Å². The van der Waals surface area contributed by atoms with Crippen LogP contribution in [0.15, 0.2) is 29.2 Å². The summed E-state index contributed by atoms with van der Waals surface area (Å²) in [5.41, 5.74) is 0.726. The molecule has 0 aromatic heterocycles. The van der Waals surface area contributed by atoms with Crippen LogP contribution in [0, 0.1) is 0 Å². The lowest BCUT2D eigenvalue weighted by atomic mass is 9.96. The highest BCUT2D eigenvalue weighted by atomic mass is 32.2. The minimum atomic E-state index is -3.43. The Bertz CT molecular complexity index is 531. The van der Waals surface area contributed by atoms with Crippen molar-refractivity contribution in [3.05, 3.63) is 29.8 Å². The molecule has 0 spiro atoms. The third-order valence-corrected chi connectivity index (χ3v) is 6.05. The van der Waals surface area contributed by atoms with Crippen molar-refractivity contribution in [2.24, 2.45) is 0 Å². The molecule has 1 unspecified atom stereocenters. The molecule has 1 aliphatic rings. The molecule has 1 atom stereocenters. The van der Waals surface area contributed by atoms with Crippen LogP contribution in [-0.4, -0.2) is 30.9 Å². The number of nitrogens with zero attached hydrogens (tertiary/aromatic N) is 1. The van der Waals surface area contributed by atoms with E-state index in [0.29, 0.717) is 4.90 Å². The molecule has 1 saturated carbocycles. The van der Waals surface area contributed by atoms with Gasteiger partial charge >= 0.3 is 0 Å². The fourth-order valence-corrected chi connectivity index (χ4v) is 4.14. The predicted molar refractivity (Wildman–Crippen MR) is 78.9 cm³/mol. The van der Waals surface area contributed by atoms with E-state index in [1.807, 2.05) is 0 Å². The molecule has 1 aromatic carbocycles. The van der Waals surface area contributed by atoms with Crippen LogP contribution in [0.4, 0.5) is 0 Å². The van der Waals surface area contributed by atoms with Gasteiger partial charge in [0.25, 0.3) is 0 Å². The first-order chi connectivity index (χ1) is 9.43. The molecule has 0 amide bonds. The molecule has 4 nitrogen and oxygen atoms in total. The number of aliphatic hydroxyl groups is 1. The molecule has 5 heteroatoms. The molecule has 0 radical (unpaired) electrons. The Morgan fingerprint density at radius 3 is 2.20 bits per heavy atom. The van der Waals surface area contributed by atoms with Gasteiger partial charge in [0.1, 0.15) is 0 Å². The normalized spacial score (nSPS) is 19.2. The second kappa shape index (κ2) is 6.24. The number of hydrogen-bond donors (Lipinski definition) is 1. The molecule has 2 rings (SSSR count). The van der Waals surface area contributed by atoms with E-state index in [1.54, 1.807) is 38.2 Å². The van der Waals surface area contributed by atoms with Gasteiger partial charge in [-0.1, -0.05) is 31.4 Å². The average molecular weight is 297 g/mol. The maximum atomic E-state index is 12.6. The van der Waals surface area contributed by atoms with Crippen molar-refractivity contribution < 1.29 is 13.5 Å². The van der Waals surface area contributed by atoms with Gasteiger partial charge in [-0.15, -0.1) is 0 Å². The van der Waals surface area contributed by atoms with E-state index in [-0.39, 0.29) is 6.04 Å². The van der Waals surface area contributed by atoms with Crippen LogP contribution in [0.25, 0.3) is 0 Å². The molecule has 0 saturated heterocycles. The van der Waals surface area contributed by atoms with Gasteiger partial charge in [-0.05, 0) is 37.5 Å². The Hall–Kier alpha value is -0.910. The van der Waals surface area contributed by atoms with E-state index in [4.69, 9.17) is 0 Å². The third kappa shape index (κ3) is 3.22. The lowest BCUT2D eigenvalue weighted by molar-refractivity contribution is 0.199. The number of hydrogen-bond acceptors (Lipinski definition) is 3. The summed E-state index contributed by atoms with van der Waals surface area (Å²) in [5, 5.41) is 9.47. The smallest absolute Gasteiger partial charge is 0.243 e. The zero-order valence-corrected chi connectivity index (χ0v) is 12.9. The summed E-state index contributed by atoms with van der Waals surface area (Å²) in [6.07, 6.45) is 4.72.